The fraction of sp³-hybridized carbons (Fsp3) is 0.308. The first kappa shape index (κ1) is 13.1. The minimum Gasteiger partial charge on any atom is -0.388 e. The predicted molar refractivity (Wildman–Crippen MR) is 68.0 cm³/mol. The molecule has 0 fully saturated rings. The lowest BCUT2D eigenvalue weighted by Crippen LogP contribution is -2.05. The van der Waals surface area contributed by atoms with Crippen LogP contribution in [0.15, 0.2) is 24.4 Å². The molecule has 0 amide bonds. The number of aromatic nitrogens is 2. The fourth-order valence-electron chi connectivity index (χ4n) is 1.86. The van der Waals surface area contributed by atoms with E-state index in [1.54, 1.807) is 17.9 Å². The smallest absolute Gasteiger partial charge is 0.126 e. The van der Waals surface area contributed by atoms with Crippen LogP contribution in [0.4, 0.5) is 4.39 Å². The molecule has 0 saturated heterocycles. The van der Waals surface area contributed by atoms with E-state index in [-0.39, 0.29) is 12.2 Å². The average Bonchev–Trinajstić information content (AvgIpc) is 2.65. The molecule has 0 aliphatic rings. The third-order valence-electron chi connectivity index (χ3n) is 3.05. The maximum Gasteiger partial charge on any atom is 0.126 e. The number of rotatable bonds is 3. The van der Waals surface area contributed by atoms with Gasteiger partial charge < -0.3 is 5.11 Å². The summed E-state index contributed by atoms with van der Waals surface area (Å²) < 4.78 is 15.2. The summed E-state index contributed by atoms with van der Waals surface area (Å²) in [6, 6.07) is 4.33. The van der Waals surface area contributed by atoms with E-state index in [9.17, 15) is 9.50 Å². The first-order valence-corrected chi connectivity index (χ1v) is 5.97. The lowest BCUT2D eigenvalue weighted by Gasteiger charge is -2.11. The molecule has 0 radical (unpaired) electrons. The Labute approximate surface area is 110 Å². The Hall–Kier alpha value is -1.39. The van der Waals surface area contributed by atoms with Gasteiger partial charge in [0.2, 0.25) is 0 Å². The Bertz CT molecular complexity index is 568. The van der Waals surface area contributed by atoms with E-state index >= 15 is 0 Å². The number of hydrogen-bond acceptors (Lipinski definition) is 2. The Morgan fingerprint density at radius 3 is 2.83 bits per heavy atom. The normalized spacial score (nSPS) is 12.7. The van der Waals surface area contributed by atoms with Crippen molar-refractivity contribution in [3.63, 3.8) is 0 Å². The largest absolute Gasteiger partial charge is 0.388 e. The molecule has 0 bridgehead atoms. The second-order valence-corrected chi connectivity index (χ2v) is 4.70. The molecule has 2 rings (SSSR count). The lowest BCUT2D eigenvalue weighted by atomic mass is 10.0. The summed E-state index contributed by atoms with van der Waals surface area (Å²) in [5, 5.41) is 14.6. The quantitative estimate of drug-likeness (QED) is 0.930. The van der Waals surface area contributed by atoms with Gasteiger partial charge in [-0.1, -0.05) is 11.6 Å². The molecule has 0 saturated carbocycles. The molecule has 2 aromatic rings. The Balaban J connectivity index is 2.23. The van der Waals surface area contributed by atoms with Crippen LogP contribution < -0.4 is 0 Å². The van der Waals surface area contributed by atoms with E-state index in [0.717, 1.165) is 5.69 Å². The maximum absolute atomic E-state index is 13.6. The van der Waals surface area contributed by atoms with Gasteiger partial charge in [-0.25, -0.2) is 4.39 Å². The van der Waals surface area contributed by atoms with Crippen molar-refractivity contribution in [3.05, 3.63) is 52.1 Å². The van der Waals surface area contributed by atoms with Gasteiger partial charge >= 0.3 is 0 Å². The van der Waals surface area contributed by atoms with E-state index in [1.165, 1.54) is 18.2 Å². The summed E-state index contributed by atoms with van der Waals surface area (Å²) >= 11 is 5.82. The Morgan fingerprint density at radius 2 is 2.22 bits per heavy atom. The highest BCUT2D eigenvalue weighted by Gasteiger charge is 2.16. The molecule has 0 aliphatic heterocycles. The van der Waals surface area contributed by atoms with Crippen LogP contribution in [0.3, 0.4) is 0 Å². The van der Waals surface area contributed by atoms with Crippen molar-refractivity contribution >= 4 is 11.6 Å². The van der Waals surface area contributed by atoms with Crippen molar-refractivity contribution < 1.29 is 9.50 Å². The third kappa shape index (κ3) is 2.54. The molecule has 1 heterocycles. The van der Waals surface area contributed by atoms with Crippen molar-refractivity contribution in [3.8, 4) is 0 Å². The number of hydrogen-bond donors (Lipinski definition) is 1. The van der Waals surface area contributed by atoms with Gasteiger partial charge in [0, 0.05) is 29.7 Å². The van der Waals surface area contributed by atoms with Crippen LogP contribution in [0, 0.1) is 12.7 Å². The number of nitrogens with zero attached hydrogens (tertiary/aromatic N) is 2. The fourth-order valence-corrected chi connectivity index (χ4v) is 2.06. The van der Waals surface area contributed by atoms with Crippen LogP contribution in [0.25, 0.3) is 0 Å². The second kappa shape index (κ2) is 5.08. The highest BCUT2D eigenvalue weighted by atomic mass is 35.5. The molecule has 3 nitrogen and oxygen atoms in total. The van der Waals surface area contributed by atoms with Gasteiger partial charge in [0.1, 0.15) is 5.82 Å². The van der Waals surface area contributed by atoms with Crippen molar-refractivity contribution in [1.29, 1.82) is 0 Å². The maximum atomic E-state index is 13.6. The lowest BCUT2D eigenvalue weighted by molar-refractivity contribution is 0.176. The van der Waals surface area contributed by atoms with Crippen LogP contribution in [0.1, 0.15) is 22.9 Å². The molecule has 0 spiro atoms. The minimum atomic E-state index is -0.785. The Kier molecular flexibility index (Phi) is 3.68. The van der Waals surface area contributed by atoms with Crippen molar-refractivity contribution in [2.45, 2.75) is 19.4 Å². The summed E-state index contributed by atoms with van der Waals surface area (Å²) in [6.45, 7) is 1.86. The van der Waals surface area contributed by atoms with Gasteiger partial charge in [0.05, 0.1) is 12.3 Å². The Morgan fingerprint density at radius 1 is 1.50 bits per heavy atom. The molecule has 0 aliphatic carbocycles. The molecule has 5 heteroatoms. The van der Waals surface area contributed by atoms with Crippen LogP contribution >= 0.6 is 11.6 Å². The third-order valence-corrected chi connectivity index (χ3v) is 3.29. The zero-order chi connectivity index (χ0) is 13.3. The average molecular weight is 269 g/mol. The highest BCUT2D eigenvalue weighted by Crippen LogP contribution is 2.24. The van der Waals surface area contributed by atoms with Gasteiger partial charge in [-0.3, -0.25) is 4.68 Å². The van der Waals surface area contributed by atoms with Gasteiger partial charge in [0.25, 0.3) is 0 Å². The van der Waals surface area contributed by atoms with Crippen LogP contribution in [-0.2, 0) is 13.5 Å². The number of aliphatic hydroxyl groups excluding tert-OH is 1. The number of aryl methyl sites for hydroxylation is 1. The molecule has 1 N–H and O–H groups in total. The molecule has 1 aromatic carbocycles. The topological polar surface area (TPSA) is 38.1 Å². The van der Waals surface area contributed by atoms with Crippen LogP contribution in [-0.4, -0.2) is 14.9 Å². The predicted octanol–water partition coefficient (Wildman–Crippen LogP) is 2.80. The summed E-state index contributed by atoms with van der Waals surface area (Å²) in [4.78, 5) is 0. The summed E-state index contributed by atoms with van der Waals surface area (Å²) in [6.07, 6.45) is 0.994. The number of benzene rings is 1. The molecule has 96 valence electrons. The van der Waals surface area contributed by atoms with Gasteiger partial charge in [-0.05, 0) is 30.7 Å². The number of halogens is 2. The molecule has 1 unspecified atom stereocenters. The molecule has 1 aromatic heterocycles. The van der Waals surface area contributed by atoms with Crippen molar-refractivity contribution in [1.82, 2.24) is 9.78 Å². The van der Waals surface area contributed by atoms with E-state index in [2.05, 4.69) is 5.10 Å². The zero-order valence-corrected chi connectivity index (χ0v) is 10.9. The highest BCUT2D eigenvalue weighted by molar-refractivity contribution is 6.30. The first-order valence-electron chi connectivity index (χ1n) is 5.59. The standard InChI is InChI=1S/C13H14ClFN2O/c1-8-11(7-16-17(8)2)13(18)6-9-5-10(14)3-4-12(9)15/h3-5,7,13,18H,6H2,1-2H3. The van der Waals surface area contributed by atoms with Gasteiger partial charge in [-0.15, -0.1) is 0 Å². The van der Waals surface area contributed by atoms with Crippen LogP contribution in [0.5, 0.6) is 0 Å². The molecule has 1 atom stereocenters. The summed E-state index contributed by atoms with van der Waals surface area (Å²) in [7, 11) is 1.80. The monoisotopic (exact) mass is 268 g/mol. The molecular formula is C13H14ClFN2O. The zero-order valence-electron chi connectivity index (χ0n) is 10.2. The molecule has 18 heavy (non-hydrogen) atoms. The minimum absolute atomic E-state index is 0.179. The van der Waals surface area contributed by atoms with E-state index in [4.69, 9.17) is 11.6 Å². The van der Waals surface area contributed by atoms with E-state index in [0.29, 0.717) is 16.1 Å². The summed E-state index contributed by atoms with van der Waals surface area (Å²) in [5.41, 5.74) is 1.97. The van der Waals surface area contributed by atoms with Crippen molar-refractivity contribution in [2.24, 2.45) is 7.05 Å². The van der Waals surface area contributed by atoms with Crippen molar-refractivity contribution in [2.75, 3.05) is 0 Å². The van der Waals surface area contributed by atoms with Crippen LogP contribution in [0.2, 0.25) is 5.02 Å². The van der Waals surface area contributed by atoms with Gasteiger partial charge in [-0.2, -0.15) is 5.10 Å². The summed E-state index contributed by atoms with van der Waals surface area (Å²) in [5.74, 6) is -0.361. The SMILES string of the molecule is Cc1c(C(O)Cc2cc(Cl)ccc2F)cnn1C. The number of aliphatic hydroxyl groups is 1. The molecular weight excluding hydrogens is 255 g/mol. The van der Waals surface area contributed by atoms with E-state index < -0.39 is 6.10 Å². The van der Waals surface area contributed by atoms with E-state index in [1.807, 2.05) is 6.92 Å². The first-order chi connectivity index (χ1) is 8.49. The van der Waals surface area contributed by atoms with Gasteiger partial charge in [0.15, 0.2) is 0 Å². The second-order valence-electron chi connectivity index (χ2n) is 4.26.